The molecule has 214 valence electrons. The molecule has 0 radical (unpaired) electrons. The summed E-state index contributed by atoms with van der Waals surface area (Å²) in [4.78, 5) is 35.5. The second kappa shape index (κ2) is 10.1. The summed E-state index contributed by atoms with van der Waals surface area (Å²) >= 11 is 5.26. The van der Waals surface area contributed by atoms with Crippen LogP contribution in [-0.2, 0) is 36.1 Å². The molecular formula is C20H24N9O9PS. The molecule has 2 aliphatic rings. The second-order valence-corrected chi connectivity index (χ2v) is 12.0. The van der Waals surface area contributed by atoms with Crippen molar-refractivity contribution in [3.05, 3.63) is 41.3 Å². The monoisotopic (exact) mass is 597 g/mol. The summed E-state index contributed by atoms with van der Waals surface area (Å²) in [7, 11) is 0. The van der Waals surface area contributed by atoms with Gasteiger partial charge in [-0.3, -0.25) is 18.3 Å². The summed E-state index contributed by atoms with van der Waals surface area (Å²) in [5, 5.41) is 39.7. The first-order chi connectivity index (χ1) is 19.1. The van der Waals surface area contributed by atoms with Gasteiger partial charge in [0.2, 0.25) is 11.5 Å². The van der Waals surface area contributed by atoms with Crippen LogP contribution in [0.15, 0.2) is 35.8 Å². The maximum Gasteiger partial charge on any atom is 0.326 e. The molecule has 2 fully saturated rings. The number of hydrogen-bond acceptors (Lipinski definition) is 15. The Balaban J connectivity index is 1.22. The smallest absolute Gasteiger partial charge is 0.326 e. The van der Waals surface area contributed by atoms with Crippen LogP contribution >= 0.6 is 6.72 Å². The summed E-state index contributed by atoms with van der Waals surface area (Å²) in [6, 6.07) is 0.498. The number of nitrogens with two attached hydrogens (primary N) is 1. The van der Waals surface area contributed by atoms with Gasteiger partial charge in [0.25, 0.3) is 5.56 Å². The molecule has 6 heterocycles. The van der Waals surface area contributed by atoms with Crippen molar-refractivity contribution in [2.24, 2.45) is 0 Å². The lowest BCUT2D eigenvalue weighted by Gasteiger charge is -2.36. The van der Waals surface area contributed by atoms with Gasteiger partial charge in [0.1, 0.15) is 36.8 Å². The zero-order valence-corrected chi connectivity index (χ0v) is 22.2. The molecule has 2 aliphatic heterocycles. The Hall–Kier alpha value is -2.97. The molecule has 0 bridgehead atoms. The van der Waals surface area contributed by atoms with E-state index in [0.29, 0.717) is 5.65 Å². The first-order valence-electron chi connectivity index (χ1n) is 11.9. The molecule has 0 spiro atoms. The topological polar surface area (TPSA) is 240 Å². The van der Waals surface area contributed by atoms with Crippen molar-refractivity contribution in [2.75, 3.05) is 32.2 Å². The van der Waals surface area contributed by atoms with Crippen molar-refractivity contribution in [3.63, 3.8) is 0 Å². The van der Waals surface area contributed by atoms with Crippen LogP contribution in [-0.4, -0.2) is 110 Å². The molecule has 2 unspecified atom stereocenters. The number of nitrogens with zero attached hydrogens (tertiary/aromatic N) is 8. The predicted octanol–water partition coefficient (Wildman–Crippen LogP) is -2.73. The fraction of sp³-hybridized carbons (Fsp3) is 0.500. The van der Waals surface area contributed by atoms with Crippen molar-refractivity contribution in [1.29, 1.82) is 0 Å². The lowest BCUT2D eigenvalue weighted by molar-refractivity contribution is -0.101. The van der Waals surface area contributed by atoms with E-state index >= 15 is 0 Å². The molecule has 4 aromatic rings. The molecule has 6 N–H and O–H groups in total. The lowest BCUT2D eigenvalue weighted by atomic mass is 10.1. The number of aromatic nitrogens is 8. The predicted molar refractivity (Wildman–Crippen MR) is 136 cm³/mol. The van der Waals surface area contributed by atoms with E-state index in [4.69, 9.17) is 36.1 Å². The Labute approximate surface area is 228 Å². The first kappa shape index (κ1) is 27.2. The summed E-state index contributed by atoms with van der Waals surface area (Å²) in [6.07, 6.45) is 0.550. The van der Waals surface area contributed by atoms with Gasteiger partial charge in [-0.2, -0.15) is 0 Å². The largest absolute Gasteiger partial charge is 0.394 e. The fourth-order valence-electron chi connectivity index (χ4n) is 4.84. The Bertz CT molecular complexity index is 1670. The molecular weight excluding hydrogens is 573 g/mol. The zero-order chi connectivity index (χ0) is 28.2. The maximum absolute atomic E-state index is 12.3. The van der Waals surface area contributed by atoms with E-state index < -0.39 is 61.7 Å². The molecule has 18 nitrogen and oxygen atoms in total. The average molecular weight is 598 g/mol. The standard InChI is InChI=1S/C20H24N9O9PS/c21-17-14-18(24-9-23-17)29(26-25-14)10-6-35-12(15(10)32)7-37-39(34,40)38-20(8-36-11(5-30)16(20)33)28-3-1-13(31)27-4-2-22-19(27)28/h1-4,9-12,15-16,30,32-33H,5-8H2,(H,34,40)(H2,21,23,24)/t10?,11-,12-,15+,16-,20-,39?/m1/s1. The van der Waals surface area contributed by atoms with Crippen molar-refractivity contribution in [1.82, 2.24) is 38.9 Å². The molecule has 2 saturated heterocycles. The Morgan fingerprint density at radius 3 is 2.83 bits per heavy atom. The van der Waals surface area contributed by atoms with Crippen LogP contribution in [0.4, 0.5) is 5.82 Å². The van der Waals surface area contributed by atoms with Gasteiger partial charge in [0.05, 0.1) is 26.4 Å². The minimum absolute atomic E-state index is 0.0106. The minimum Gasteiger partial charge on any atom is -0.394 e. The number of rotatable bonds is 8. The molecule has 7 atom stereocenters. The number of ether oxygens (including phenoxy) is 2. The fourth-order valence-corrected chi connectivity index (χ4v) is 6.44. The number of nitrogen functional groups attached to an aromatic ring is 1. The molecule has 6 rings (SSSR count). The van der Waals surface area contributed by atoms with Crippen LogP contribution in [0, 0.1) is 0 Å². The van der Waals surface area contributed by atoms with Crippen LogP contribution in [0.1, 0.15) is 6.04 Å². The highest BCUT2D eigenvalue weighted by Crippen LogP contribution is 2.53. The number of hydrogen-bond donors (Lipinski definition) is 5. The summed E-state index contributed by atoms with van der Waals surface area (Å²) in [5.41, 5.74) is 4.06. The molecule has 40 heavy (non-hydrogen) atoms. The van der Waals surface area contributed by atoms with Crippen LogP contribution in [0.3, 0.4) is 0 Å². The van der Waals surface area contributed by atoms with Crippen molar-refractivity contribution < 1.29 is 38.7 Å². The van der Waals surface area contributed by atoms with E-state index in [1.165, 1.54) is 44.6 Å². The minimum atomic E-state index is -4.21. The van der Waals surface area contributed by atoms with Gasteiger partial charge in [0.15, 0.2) is 17.0 Å². The van der Waals surface area contributed by atoms with Crippen molar-refractivity contribution in [3.8, 4) is 0 Å². The third-order valence-corrected chi connectivity index (χ3v) is 8.44. The van der Waals surface area contributed by atoms with Gasteiger partial charge in [-0.25, -0.2) is 19.6 Å². The number of fused-ring (bicyclic) bond motifs is 2. The van der Waals surface area contributed by atoms with E-state index in [1.807, 2.05) is 0 Å². The van der Waals surface area contributed by atoms with Gasteiger partial charge in [-0.15, -0.1) is 5.10 Å². The van der Waals surface area contributed by atoms with E-state index in [9.17, 15) is 25.0 Å². The molecule has 0 saturated carbocycles. The number of imidazole rings is 1. The second-order valence-electron chi connectivity index (χ2n) is 9.19. The van der Waals surface area contributed by atoms with Gasteiger partial charge >= 0.3 is 6.72 Å². The zero-order valence-electron chi connectivity index (χ0n) is 20.4. The van der Waals surface area contributed by atoms with Crippen LogP contribution in [0.5, 0.6) is 0 Å². The third-order valence-electron chi connectivity index (χ3n) is 6.88. The highest BCUT2D eigenvalue weighted by Gasteiger charge is 2.55. The van der Waals surface area contributed by atoms with Gasteiger partial charge in [0, 0.05) is 24.7 Å². The summed E-state index contributed by atoms with van der Waals surface area (Å²) in [5.74, 6) is 0.194. The lowest BCUT2D eigenvalue weighted by Crippen LogP contribution is -2.49. The van der Waals surface area contributed by atoms with Gasteiger partial charge in [-0.05, 0) is 11.8 Å². The van der Waals surface area contributed by atoms with Crippen LogP contribution in [0.25, 0.3) is 16.9 Å². The third kappa shape index (κ3) is 4.40. The number of anilines is 1. The van der Waals surface area contributed by atoms with Crippen LogP contribution in [0.2, 0.25) is 0 Å². The SMILES string of the molecule is Nc1ncnc2c1nnn2C1CO[C@H](COP(O)(=S)O[C@]2(n3ccc(=O)n4ccnc34)CO[C@H](CO)[C@H]2O)[C@H]1O. The summed E-state index contributed by atoms with van der Waals surface area (Å²) in [6.45, 7) is -5.53. The Morgan fingerprint density at radius 1 is 1.23 bits per heavy atom. The summed E-state index contributed by atoms with van der Waals surface area (Å²) < 4.78 is 26.5. The normalized spacial score (nSPS) is 30.4. The van der Waals surface area contributed by atoms with Crippen molar-refractivity contribution in [2.45, 2.75) is 36.2 Å². The van der Waals surface area contributed by atoms with E-state index in [-0.39, 0.29) is 30.3 Å². The average Bonchev–Trinajstić information content (AvgIpc) is 3.71. The highest BCUT2D eigenvalue weighted by atomic mass is 32.5. The maximum atomic E-state index is 12.3. The first-order valence-corrected chi connectivity index (χ1v) is 14.5. The van der Waals surface area contributed by atoms with E-state index in [2.05, 4.69) is 25.3 Å². The molecule has 0 aromatic carbocycles. The van der Waals surface area contributed by atoms with Gasteiger partial charge in [-0.1, -0.05) is 5.21 Å². The molecule has 20 heteroatoms. The Morgan fingerprint density at radius 2 is 2.05 bits per heavy atom. The van der Waals surface area contributed by atoms with E-state index in [0.717, 1.165) is 0 Å². The number of aliphatic hydroxyl groups excluding tert-OH is 3. The Kier molecular flexibility index (Phi) is 6.90. The quantitative estimate of drug-likeness (QED) is 0.130. The van der Waals surface area contributed by atoms with Gasteiger partial charge < -0.3 is 39.9 Å². The van der Waals surface area contributed by atoms with Crippen molar-refractivity contribution >= 4 is 41.3 Å². The number of aliphatic hydroxyl groups is 3. The van der Waals surface area contributed by atoms with E-state index in [1.54, 1.807) is 0 Å². The molecule has 0 amide bonds. The molecule has 0 aliphatic carbocycles. The highest BCUT2D eigenvalue weighted by molar-refractivity contribution is 8.07. The molecule has 4 aromatic heterocycles. The van der Waals surface area contributed by atoms with Crippen LogP contribution < -0.4 is 11.3 Å².